The molecule has 1 fully saturated rings. The van der Waals surface area contributed by atoms with Gasteiger partial charge in [-0.25, -0.2) is 8.42 Å². The van der Waals surface area contributed by atoms with E-state index >= 15 is 0 Å². The first kappa shape index (κ1) is 21.4. The van der Waals surface area contributed by atoms with Gasteiger partial charge in [0.05, 0.1) is 30.2 Å². The number of rotatable bonds is 7. The van der Waals surface area contributed by atoms with E-state index in [4.69, 9.17) is 16.0 Å². The van der Waals surface area contributed by atoms with Crippen molar-refractivity contribution in [2.24, 2.45) is 5.92 Å². The van der Waals surface area contributed by atoms with Gasteiger partial charge < -0.3 is 15.1 Å². The fourth-order valence-corrected chi connectivity index (χ4v) is 4.75. The SMILES string of the molecule is O=C(CNC(=O)[C@H]1CCCN(S(=O)(=O)c2ccc(Cl)cc2)C1)NCc1ccco1. The van der Waals surface area contributed by atoms with E-state index in [9.17, 15) is 18.0 Å². The predicted molar refractivity (Wildman–Crippen MR) is 106 cm³/mol. The number of carbonyl (C=O) groups excluding carboxylic acids is 2. The number of benzene rings is 1. The molecule has 1 aliphatic rings. The highest BCUT2D eigenvalue weighted by Gasteiger charge is 2.33. The molecule has 1 atom stereocenters. The highest BCUT2D eigenvalue weighted by Crippen LogP contribution is 2.24. The number of sulfonamides is 1. The number of hydrogen-bond acceptors (Lipinski definition) is 5. The number of furan rings is 1. The van der Waals surface area contributed by atoms with Gasteiger partial charge in [0, 0.05) is 18.1 Å². The van der Waals surface area contributed by atoms with Crippen LogP contribution in [0.1, 0.15) is 18.6 Å². The Labute approximate surface area is 174 Å². The van der Waals surface area contributed by atoms with Crippen LogP contribution in [-0.4, -0.2) is 44.2 Å². The molecule has 29 heavy (non-hydrogen) atoms. The third-order valence-corrected chi connectivity index (χ3v) is 6.80. The summed E-state index contributed by atoms with van der Waals surface area (Å²) in [6, 6.07) is 9.38. The molecule has 0 saturated carbocycles. The van der Waals surface area contributed by atoms with E-state index in [1.54, 1.807) is 12.1 Å². The fraction of sp³-hybridized carbons (Fsp3) is 0.368. The van der Waals surface area contributed by atoms with Crippen LogP contribution < -0.4 is 10.6 Å². The van der Waals surface area contributed by atoms with Gasteiger partial charge in [0.2, 0.25) is 21.8 Å². The largest absolute Gasteiger partial charge is 0.467 e. The molecule has 2 amide bonds. The fourth-order valence-electron chi connectivity index (χ4n) is 3.10. The highest BCUT2D eigenvalue weighted by atomic mass is 35.5. The maximum atomic E-state index is 12.8. The van der Waals surface area contributed by atoms with Gasteiger partial charge in [-0.2, -0.15) is 4.31 Å². The number of nitrogens with zero attached hydrogens (tertiary/aromatic N) is 1. The third kappa shape index (κ3) is 5.59. The maximum Gasteiger partial charge on any atom is 0.243 e. The summed E-state index contributed by atoms with van der Waals surface area (Å²) in [6.45, 7) is 0.474. The van der Waals surface area contributed by atoms with Gasteiger partial charge in [-0.05, 0) is 49.2 Å². The molecule has 156 valence electrons. The van der Waals surface area contributed by atoms with Gasteiger partial charge in [0.1, 0.15) is 5.76 Å². The molecule has 3 rings (SSSR count). The Morgan fingerprint density at radius 1 is 1.17 bits per heavy atom. The van der Waals surface area contributed by atoms with E-state index < -0.39 is 15.9 Å². The van der Waals surface area contributed by atoms with Crippen LogP contribution in [0.2, 0.25) is 5.02 Å². The van der Waals surface area contributed by atoms with Crippen molar-refractivity contribution in [1.82, 2.24) is 14.9 Å². The number of piperidine rings is 1. The zero-order chi connectivity index (χ0) is 20.9. The van der Waals surface area contributed by atoms with E-state index in [1.807, 2.05) is 0 Å². The molecule has 1 aromatic carbocycles. The normalized spacial score (nSPS) is 17.6. The second-order valence-electron chi connectivity index (χ2n) is 6.73. The molecule has 8 nitrogen and oxygen atoms in total. The minimum atomic E-state index is -3.71. The van der Waals surface area contributed by atoms with Gasteiger partial charge in [-0.1, -0.05) is 11.6 Å². The molecule has 10 heteroatoms. The average Bonchev–Trinajstić information content (AvgIpc) is 3.24. The molecule has 0 unspecified atom stereocenters. The van der Waals surface area contributed by atoms with Gasteiger partial charge in [-0.15, -0.1) is 0 Å². The van der Waals surface area contributed by atoms with E-state index in [1.165, 1.54) is 34.8 Å². The molecule has 2 aromatic rings. The molecule has 0 aliphatic carbocycles. The average molecular weight is 440 g/mol. The van der Waals surface area contributed by atoms with Gasteiger partial charge in [0.25, 0.3) is 0 Å². The monoisotopic (exact) mass is 439 g/mol. The molecule has 0 bridgehead atoms. The van der Waals surface area contributed by atoms with Crippen LogP contribution in [0.3, 0.4) is 0 Å². The Morgan fingerprint density at radius 3 is 2.62 bits per heavy atom. The van der Waals surface area contributed by atoms with Crippen LogP contribution in [0, 0.1) is 5.92 Å². The Bertz CT molecular complexity index is 945. The molecule has 0 radical (unpaired) electrons. The molecule has 1 aliphatic heterocycles. The Hall–Kier alpha value is -2.36. The lowest BCUT2D eigenvalue weighted by Gasteiger charge is -2.31. The predicted octanol–water partition coefficient (Wildman–Crippen LogP) is 1.77. The molecule has 1 saturated heterocycles. The van der Waals surface area contributed by atoms with Crippen molar-refractivity contribution in [2.45, 2.75) is 24.3 Å². The van der Waals surface area contributed by atoms with E-state index in [0.717, 1.165) is 0 Å². The van der Waals surface area contributed by atoms with E-state index in [2.05, 4.69) is 10.6 Å². The maximum absolute atomic E-state index is 12.8. The Morgan fingerprint density at radius 2 is 1.93 bits per heavy atom. The standard InChI is InChI=1S/C19H22ClN3O5S/c20-15-5-7-17(8-6-15)29(26,27)23-9-1-3-14(13-23)19(25)22-12-18(24)21-11-16-4-2-10-28-16/h2,4-8,10,14H,1,3,9,11-13H2,(H,21,24)(H,22,25)/t14-/m0/s1. The Balaban J connectivity index is 1.52. The van der Waals surface area contributed by atoms with Crippen molar-refractivity contribution in [3.05, 3.63) is 53.4 Å². The lowest BCUT2D eigenvalue weighted by atomic mass is 9.99. The zero-order valence-corrected chi connectivity index (χ0v) is 17.2. The van der Waals surface area contributed by atoms with Crippen LogP contribution in [-0.2, 0) is 26.2 Å². The number of hydrogen-bond donors (Lipinski definition) is 2. The first-order chi connectivity index (χ1) is 13.9. The summed E-state index contributed by atoms with van der Waals surface area (Å²) in [6.07, 6.45) is 2.64. The van der Waals surface area contributed by atoms with Crippen molar-refractivity contribution >= 4 is 33.4 Å². The highest BCUT2D eigenvalue weighted by molar-refractivity contribution is 7.89. The second kappa shape index (κ2) is 9.43. The minimum absolute atomic E-state index is 0.0742. The van der Waals surface area contributed by atoms with Crippen LogP contribution in [0.5, 0.6) is 0 Å². The molecular weight excluding hydrogens is 418 g/mol. The van der Waals surface area contributed by atoms with Crippen molar-refractivity contribution in [1.29, 1.82) is 0 Å². The molecular formula is C19H22ClN3O5S. The number of halogens is 1. The van der Waals surface area contributed by atoms with E-state index in [0.29, 0.717) is 30.2 Å². The summed E-state index contributed by atoms with van der Waals surface area (Å²) >= 11 is 5.82. The molecule has 2 N–H and O–H groups in total. The van der Waals surface area contributed by atoms with Gasteiger partial charge >= 0.3 is 0 Å². The number of amides is 2. The zero-order valence-electron chi connectivity index (χ0n) is 15.6. The summed E-state index contributed by atoms with van der Waals surface area (Å²) in [5.41, 5.74) is 0. The number of carbonyl (C=O) groups is 2. The molecule has 1 aromatic heterocycles. The molecule has 0 spiro atoms. The molecule has 2 heterocycles. The number of nitrogens with one attached hydrogen (secondary N) is 2. The van der Waals surface area contributed by atoms with Crippen molar-refractivity contribution in [2.75, 3.05) is 19.6 Å². The lowest BCUT2D eigenvalue weighted by molar-refractivity contribution is -0.129. The second-order valence-corrected chi connectivity index (χ2v) is 9.10. The summed E-state index contributed by atoms with van der Waals surface area (Å²) < 4.78 is 32.0. The first-order valence-electron chi connectivity index (χ1n) is 9.19. The van der Waals surface area contributed by atoms with Gasteiger partial charge in [0.15, 0.2) is 0 Å². The van der Waals surface area contributed by atoms with Crippen LogP contribution in [0.15, 0.2) is 52.0 Å². The quantitative estimate of drug-likeness (QED) is 0.683. The van der Waals surface area contributed by atoms with Crippen molar-refractivity contribution in [3.8, 4) is 0 Å². The van der Waals surface area contributed by atoms with E-state index in [-0.39, 0.29) is 36.3 Å². The summed E-state index contributed by atoms with van der Waals surface area (Å²) in [7, 11) is -3.71. The van der Waals surface area contributed by atoms with Crippen LogP contribution >= 0.6 is 11.6 Å². The topological polar surface area (TPSA) is 109 Å². The van der Waals surface area contributed by atoms with Crippen LogP contribution in [0.25, 0.3) is 0 Å². The third-order valence-electron chi connectivity index (χ3n) is 4.67. The lowest BCUT2D eigenvalue weighted by Crippen LogP contribution is -2.47. The Kier molecular flexibility index (Phi) is 6.94. The summed E-state index contributed by atoms with van der Waals surface area (Å²) in [5, 5.41) is 5.67. The van der Waals surface area contributed by atoms with Crippen molar-refractivity contribution in [3.63, 3.8) is 0 Å². The summed E-state index contributed by atoms with van der Waals surface area (Å²) in [4.78, 5) is 24.5. The van der Waals surface area contributed by atoms with Crippen molar-refractivity contribution < 1.29 is 22.4 Å². The van der Waals surface area contributed by atoms with Gasteiger partial charge in [-0.3, -0.25) is 9.59 Å². The smallest absolute Gasteiger partial charge is 0.243 e. The van der Waals surface area contributed by atoms with Crippen LogP contribution in [0.4, 0.5) is 0 Å². The minimum Gasteiger partial charge on any atom is -0.467 e. The first-order valence-corrected chi connectivity index (χ1v) is 11.0. The summed E-state index contributed by atoms with van der Waals surface area (Å²) in [5.74, 6) is -0.589.